The third-order valence-electron chi connectivity index (χ3n) is 5.61. The lowest BCUT2D eigenvalue weighted by molar-refractivity contribution is 0.0614. The Bertz CT molecular complexity index is 1200. The second-order valence-corrected chi connectivity index (χ2v) is 8.13. The number of pyridine rings is 1. The number of methoxy groups -OCH3 is 1. The lowest BCUT2D eigenvalue weighted by Gasteiger charge is -2.33. The van der Waals surface area contributed by atoms with Gasteiger partial charge in [0.1, 0.15) is 0 Å². The standard InChI is InChI=1S/C21H25ClN6O4/c1-26-17-9-15(22)12-23-18(17)28(20(30)19(26)29)16-3-5-27(6-4-16)21-24-10-14(11-25-21)13-32-8-7-31-2/h9-12,16H,3-8,13H2,1-2H3. The zero-order valence-electron chi connectivity index (χ0n) is 18.0. The molecule has 3 aromatic heterocycles. The molecule has 0 spiro atoms. The average molecular weight is 461 g/mol. The highest BCUT2D eigenvalue weighted by Crippen LogP contribution is 2.26. The van der Waals surface area contributed by atoms with E-state index in [2.05, 4.69) is 19.9 Å². The minimum absolute atomic E-state index is 0.141. The number of ether oxygens (including phenoxy) is 2. The van der Waals surface area contributed by atoms with E-state index in [1.165, 1.54) is 15.3 Å². The van der Waals surface area contributed by atoms with Crippen LogP contribution in [-0.4, -0.2) is 57.5 Å². The summed E-state index contributed by atoms with van der Waals surface area (Å²) < 4.78 is 13.3. The van der Waals surface area contributed by atoms with Crippen LogP contribution in [0.25, 0.3) is 11.2 Å². The van der Waals surface area contributed by atoms with E-state index in [4.69, 9.17) is 21.1 Å². The van der Waals surface area contributed by atoms with E-state index in [1.54, 1.807) is 32.6 Å². The third-order valence-corrected chi connectivity index (χ3v) is 5.82. The molecule has 1 fully saturated rings. The van der Waals surface area contributed by atoms with Crippen LogP contribution in [0, 0.1) is 0 Å². The second kappa shape index (κ2) is 9.76. The molecule has 0 bridgehead atoms. The first-order chi connectivity index (χ1) is 15.5. The summed E-state index contributed by atoms with van der Waals surface area (Å²) in [4.78, 5) is 40.6. The number of nitrogens with zero attached hydrogens (tertiary/aromatic N) is 6. The summed E-state index contributed by atoms with van der Waals surface area (Å²) in [5.74, 6) is 0.634. The highest BCUT2D eigenvalue weighted by atomic mass is 35.5. The molecule has 0 aromatic carbocycles. The van der Waals surface area contributed by atoms with Gasteiger partial charge in [-0.25, -0.2) is 15.0 Å². The first-order valence-electron chi connectivity index (χ1n) is 10.4. The molecular formula is C21H25ClN6O4. The number of aryl methyl sites for hydroxylation is 1. The number of piperidine rings is 1. The smallest absolute Gasteiger partial charge is 0.318 e. The zero-order valence-corrected chi connectivity index (χ0v) is 18.8. The molecule has 1 saturated heterocycles. The Balaban J connectivity index is 1.48. The van der Waals surface area contributed by atoms with Gasteiger partial charge in [0, 0.05) is 57.4 Å². The molecule has 0 N–H and O–H groups in total. The molecule has 1 aliphatic rings. The van der Waals surface area contributed by atoms with Crippen molar-refractivity contribution in [2.75, 3.05) is 38.3 Å². The molecule has 0 saturated carbocycles. The minimum atomic E-state index is -0.587. The van der Waals surface area contributed by atoms with Crippen LogP contribution in [0.2, 0.25) is 5.02 Å². The fourth-order valence-corrected chi connectivity index (χ4v) is 4.04. The first kappa shape index (κ1) is 22.4. The summed E-state index contributed by atoms with van der Waals surface area (Å²) in [6, 6.07) is 1.52. The normalized spacial score (nSPS) is 14.9. The van der Waals surface area contributed by atoms with Crippen LogP contribution in [0.5, 0.6) is 0 Å². The SMILES string of the molecule is COCCOCc1cnc(N2CCC(n3c(=O)c(=O)n(C)c4cc(Cl)cnc43)CC2)nc1. The topological polar surface area (TPSA) is 104 Å². The van der Waals surface area contributed by atoms with Gasteiger partial charge in [-0.1, -0.05) is 11.6 Å². The number of halogens is 1. The van der Waals surface area contributed by atoms with Crippen molar-refractivity contribution in [1.82, 2.24) is 24.1 Å². The van der Waals surface area contributed by atoms with Gasteiger partial charge in [0.05, 0.1) is 30.4 Å². The van der Waals surface area contributed by atoms with Crippen molar-refractivity contribution in [3.63, 3.8) is 0 Å². The van der Waals surface area contributed by atoms with E-state index in [-0.39, 0.29) is 6.04 Å². The van der Waals surface area contributed by atoms with E-state index in [1.807, 2.05) is 0 Å². The van der Waals surface area contributed by atoms with Gasteiger partial charge in [-0.3, -0.25) is 14.2 Å². The van der Waals surface area contributed by atoms with Gasteiger partial charge < -0.3 is 18.9 Å². The molecule has 32 heavy (non-hydrogen) atoms. The van der Waals surface area contributed by atoms with Crippen molar-refractivity contribution in [3.05, 3.63) is 56.0 Å². The Kier molecular flexibility index (Phi) is 6.83. The molecule has 3 aromatic rings. The molecule has 0 aliphatic carbocycles. The Morgan fingerprint density at radius 1 is 1.06 bits per heavy atom. The van der Waals surface area contributed by atoms with Crippen LogP contribution in [0.1, 0.15) is 24.4 Å². The molecule has 0 amide bonds. The molecular weight excluding hydrogens is 436 g/mol. The highest BCUT2D eigenvalue weighted by molar-refractivity contribution is 6.31. The van der Waals surface area contributed by atoms with Crippen molar-refractivity contribution in [3.8, 4) is 0 Å². The van der Waals surface area contributed by atoms with Gasteiger partial charge in [-0.2, -0.15) is 0 Å². The Hall–Kier alpha value is -2.82. The molecule has 170 valence electrons. The van der Waals surface area contributed by atoms with Crippen LogP contribution in [0.4, 0.5) is 5.95 Å². The fraction of sp³-hybridized carbons (Fsp3) is 0.476. The van der Waals surface area contributed by atoms with E-state index in [0.29, 0.717) is 67.9 Å². The number of aromatic nitrogens is 5. The predicted octanol–water partition coefficient (Wildman–Crippen LogP) is 1.54. The van der Waals surface area contributed by atoms with Crippen LogP contribution in [0.15, 0.2) is 34.2 Å². The number of hydrogen-bond donors (Lipinski definition) is 0. The van der Waals surface area contributed by atoms with Gasteiger partial charge in [-0.05, 0) is 18.9 Å². The van der Waals surface area contributed by atoms with Crippen LogP contribution in [0.3, 0.4) is 0 Å². The van der Waals surface area contributed by atoms with Crippen molar-refractivity contribution < 1.29 is 9.47 Å². The summed E-state index contributed by atoms with van der Waals surface area (Å²) in [5, 5.41) is 0.414. The number of hydrogen-bond acceptors (Lipinski definition) is 8. The van der Waals surface area contributed by atoms with Gasteiger partial charge >= 0.3 is 11.1 Å². The van der Waals surface area contributed by atoms with Gasteiger partial charge in [0.15, 0.2) is 5.65 Å². The predicted molar refractivity (Wildman–Crippen MR) is 120 cm³/mol. The lowest BCUT2D eigenvalue weighted by Crippen LogP contribution is -2.45. The second-order valence-electron chi connectivity index (χ2n) is 7.69. The maximum absolute atomic E-state index is 12.8. The maximum atomic E-state index is 12.8. The molecule has 4 rings (SSSR count). The quantitative estimate of drug-likeness (QED) is 0.386. The van der Waals surface area contributed by atoms with E-state index in [0.717, 1.165) is 5.56 Å². The van der Waals surface area contributed by atoms with Crippen molar-refractivity contribution >= 4 is 28.7 Å². The molecule has 11 heteroatoms. The highest BCUT2D eigenvalue weighted by Gasteiger charge is 2.26. The van der Waals surface area contributed by atoms with Crippen LogP contribution >= 0.6 is 11.6 Å². The molecule has 0 radical (unpaired) electrons. The third kappa shape index (κ3) is 4.52. The molecule has 0 unspecified atom stereocenters. The van der Waals surface area contributed by atoms with Gasteiger partial charge in [0.2, 0.25) is 5.95 Å². The first-order valence-corrected chi connectivity index (χ1v) is 10.8. The van der Waals surface area contributed by atoms with Gasteiger partial charge in [0.25, 0.3) is 0 Å². The minimum Gasteiger partial charge on any atom is -0.382 e. The van der Waals surface area contributed by atoms with E-state index >= 15 is 0 Å². The Labute approximate surface area is 189 Å². The Morgan fingerprint density at radius 2 is 1.78 bits per heavy atom. The van der Waals surface area contributed by atoms with Crippen molar-refractivity contribution in [2.45, 2.75) is 25.5 Å². The monoisotopic (exact) mass is 460 g/mol. The summed E-state index contributed by atoms with van der Waals surface area (Å²) in [7, 11) is 3.19. The van der Waals surface area contributed by atoms with Crippen LogP contribution < -0.4 is 16.0 Å². The van der Waals surface area contributed by atoms with Gasteiger partial charge in [-0.15, -0.1) is 0 Å². The summed E-state index contributed by atoms with van der Waals surface area (Å²) in [5.41, 5.74) is 0.741. The lowest BCUT2D eigenvalue weighted by atomic mass is 10.0. The molecule has 0 atom stereocenters. The van der Waals surface area contributed by atoms with Crippen LogP contribution in [-0.2, 0) is 23.1 Å². The van der Waals surface area contributed by atoms with E-state index in [9.17, 15) is 9.59 Å². The summed E-state index contributed by atoms with van der Waals surface area (Å²) in [6.07, 6.45) is 6.34. The Morgan fingerprint density at radius 3 is 2.47 bits per heavy atom. The molecule has 4 heterocycles. The average Bonchev–Trinajstić information content (AvgIpc) is 2.82. The fourth-order valence-electron chi connectivity index (χ4n) is 3.89. The van der Waals surface area contributed by atoms with Crippen molar-refractivity contribution in [1.29, 1.82) is 0 Å². The number of rotatable bonds is 7. The molecule has 10 nitrogen and oxygen atoms in total. The number of anilines is 1. The molecule has 1 aliphatic heterocycles. The number of fused-ring (bicyclic) bond motifs is 1. The van der Waals surface area contributed by atoms with E-state index < -0.39 is 11.1 Å². The summed E-state index contributed by atoms with van der Waals surface area (Å²) in [6.45, 7) is 2.81. The zero-order chi connectivity index (χ0) is 22.7. The summed E-state index contributed by atoms with van der Waals surface area (Å²) >= 11 is 6.06. The largest absolute Gasteiger partial charge is 0.382 e. The van der Waals surface area contributed by atoms with Crippen molar-refractivity contribution in [2.24, 2.45) is 7.05 Å². The maximum Gasteiger partial charge on any atom is 0.318 e.